The molecule has 0 aliphatic carbocycles. The number of hydrogen-bond donors (Lipinski definition) is 1. The van der Waals surface area contributed by atoms with Crippen LogP contribution in [0.2, 0.25) is 5.02 Å². The van der Waals surface area contributed by atoms with Gasteiger partial charge in [0.1, 0.15) is 5.75 Å². The van der Waals surface area contributed by atoms with Crippen LogP contribution < -0.4 is 10.5 Å². The van der Waals surface area contributed by atoms with E-state index in [1.54, 1.807) is 18.3 Å². The standard InChI is InChI=1S/C13H13ClN2O/c14-10-4-6-11(7-5-10)17-13(9-15)12-3-1-2-8-16-12/h1-8,13H,9,15H2. The van der Waals surface area contributed by atoms with Crippen molar-refractivity contribution >= 4 is 11.6 Å². The molecule has 0 saturated carbocycles. The van der Waals surface area contributed by atoms with Crippen molar-refractivity contribution in [2.45, 2.75) is 6.10 Å². The lowest BCUT2D eigenvalue weighted by atomic mass is 10.2. The zero-order valence-electron chi connectivity index (χ0n) is 9.21. The summed E-state index contributed by atoms with van der Waals surface area (Å²) in [6.07, 6.45) is 1.49. The Morgan fingerprint density at radius 2 is 1.94 bits per heavy atom. The van der Waals surface area contributed by atoms with E-state index >= 15 is 0 Å². The molecule has 1 atom stereocenters. The van der Waals surface area contributed by atoms with Crippen LogP contribution in [0.5, 0.6) is 5.75 Å². The van der Waals surface area contributed by atoms with E-state index in [4.69, 9.17) is 22.1 Å². The van der Waals surface area contributed by atoms with E-state index in [1.807, 2.05) is 30.3 Å². The summed E-state index contributed by atoms with van der Waals surface area (Å²) < 4.78 is 5.76. The SMILES string of the molecule is NCC(Oc1ccc(Cl)cc1)c1ccccn1. The summed E-state index contributed by atoms with van der Waals surface area (Å²) in [5.74, 6) is 0.732. The highest BCUT2D eigenvalue weighted by Crippen LogP contribution is 2.21. The van der Waals surface area contributed by atoms with Gasteiger partial charge in [-0.05, 0) is 36.4 Å². The first kappa shape index (κ1) is 11.9. The number of aromatic nitrogens is 1. The van der Waals surface area contributed by atoms with Gasteiger partial charge in [0.05, 0.1) is 5.69 Å². The third-order valence-electron chi connectivity index (χ3n) is 2.32. The van der Waals surface area contributed by atoms with Crippen LogP contribution in [0.15, 0.2) is 48.7 Å². The molecule has 1 heterocycles. The van der Waals surface area contributed by atoms with Crippen LogP contribution in [-0.2, 0) is 0 Å². The molecule has 1 aromatic heterocycles. The number of ether oxygens (including phenoxy) is 1. The number of rotatable bonds is 4. The summed E-state index contributed by atoms with van der Waals surface area (Å²) in [6.45, 7) is 0.375. The number of pyridine rings is 1. The first-order valence-electron chi connectivity index (χ1n) is 5.33. The van der Waals surface area contributed by atoms with E-state index in [0.717, 1.165) is 11.4 Å². The minimum atomic E-state index is -0.239. The number of hydrogen-bond acceptors (Lipinski definition) is 3. The summed E-state index contributed by atoms with van der Waals surface area (Å²) >= 11 is 5.81. The van der Waals surface area contributed by atoms with E-state index in [9.17, 15) is 0 Å². The van der Waals surface area contributed by atoms with Crippen molar-refractivity contribution in [3.05, 3.63) is 59.4 Å². The second kappa shape index (κ2) is 5.66. The van der Waals surface area contributed by atoms with Gasteiger partial charge < -0.3 is 10.5 Å². The Hall–Kier alpha value is -1.58. The monoisotopic (exact) mass is 248 g/mol. The van der Waals surface area contributed by atoms with Crippen LogP contribution in [0, 0.1) is 0 Å². The van der Waals surface area contributed by atoms with E-state index in [1.165, 1.54) is 0 Å². The van der Waals surface area contributed by atoms with Gasteiger partial charge in [-0.1, -0.05) is 17.7 Å². The summed E-state index contributed by atoms with van der Waals surface area (Å²) in [5, 5.41) is 0.680. The van der Waals surface area contributed by atoms with Gasteiger partial charge in [0.25, 0.3) is 0 Å². The molecule has 0 radical (unpaired) electrons. The molecule has 88 valence electrons. The molecule has 0 aliphatic rings. The number of benzene rings is 1. The van der Waals surface area contributed by atoms with Gasteiger partial charge in [0.15, 0.2) is 6.10 Å². The molecule has 4 heteroatoms. The Balaban J connectivity index is 2.13. The number of nitrogens with two attached hydrogens (primary N) is 1. The number of nitrogens with zero attached hydrogens (tertiary/aromatic N) is 1. The minimum absolute atomic E-state index is 0.239. The van der Waals surface area contributed by atoms with E-state index in [2.05, 4.69) is 4.98 Å². The molecule has 0 spiro atoms. The molecule has 2 N–H and O–H groups in total. The maximum Gasteiger partial charge on any atom is 0.153 e. The van der Waals surface area contributed by atoms with E-state index in [0.29, 0.717) is 11.6 Å². The summed E-state index contributed by atoms with van der Waals surface area (Å²) in [6, 6.07) is 12.9. The molecule has 0 aliphatic heterocycles. The summed E-state index contributed by atoms with van der Waals surface area (Å²) in [7, 11) is 0. The topological polar surface area (TPSA) is 48.1 Å². The predicted molar refractivity (Wildman–Crippen MR) is 68.1 cm³/mol. The lowest BCUT2D eigenvalue weighted by molar-refractivity contribution is 0.209. The Labute approximate surface area is 105 Å². The second-order valence-electron chi connectivity index (χ2n) is 3.55. The van der Waals surface area contributed by atoms with Gasteiger partial charge in [-0.15, -0.1) is 0 Å². The van der Waals surface area contributed by atoms with Crippen LogP contribution in [0.3, 0.4) is 0 Å². The van der Waals surface area contributed by atoms with Gasteiger partial charge in [0.2, 0.25) is 0 Å². The Kier molecular flexibility index (Phi) is 3.96. The highest BCUT2D eigenvalue weighted by atomic mass is 35.5. The Morgan fingerprint density at radius 1 is 1.18 bits per heavy atom. The Bertz CT molecular complexity index is 459. The van der Waals surface area contributed by atoms with Crippen LogP contribution in [0.1, 0.15) is 11.8 Å². The molecule has 0 saturated heterocycles. The van der Waals surface area contributed by atoms with Gasteiger partial charge in [-0.2, -0.15) is 0 Å². The molecule has 2 aromatic rings. The average Bonchev–Trinajstić information content (AvgIpc) is 2.39. The van der Waals surface area contributed by atoms with Crippen LogP contribution in [0.4, 0.5) is 0 Å². The quantitative estimate of drug-likeness (QED) is 0.905. The van der Waals surface area contributed by atoms with Gasteiger partial charge in [-0.3, -0.25) is 4.98 Å². The fourth-order valence-corrected chi connectivity index (χ4v) is 1.60. The molecule has 1 aromatic carbocycles. The molecular formula is C13H13ClN2O. The molecule has 2 rings (SSSR count). The highest BCUT2D eigenvalue weighted by molar-refractivity contribution is 6.30. The van der Waals surface area contributed by atoms with Crippen molar-refractivity contribution in [1.82, 2.24) is 4.98 Å². The molecule has 3 nitrogen and oxygen atoms in total. The molecule has 0 fully saturated rings. The maximum atomic E-state index is 5.81. The average molecular weight is 249 g/mol. The van der Waals surface area contributed by atoms with Crippen molar-refractivity contribution in [1.29, 1.82) is 0 Å². The second-order valence-corrected chi connectivity index (χ2v) is 3.99. The highest BCUT2D eigenvalue weighted by Gasteiger charge is 2.12. The predicted octanol–water partition coefficient (Wildman–Crippen LogP) is 2.81. The Morgan fingerprint density at radius 3 is 2.53 bits per heavy atom. The van der Waals surface area contributed by atoms with Gasteiger partial charge >= 0.3 is 0 Å². The molecule has 0 bridgehead atoms. The lowest BCUT2D eigenvalue weighted by Crippen LogP contribution is -2.19. The van der Waals surface area contributed by atoms with Crippen molar-refractivity contribution in [2.75, 3.05) is 6.54 Å². The van der Waals surface area contributed by atoms with Crippen LogP contribution in [-0.4, -0.2) is 11.5 Å². The zero-order chi connectivity index (χ0) is 12.1. The normalized spacial score (nSPS) is 12.1. The maximum absolute atomic E-state index is 5.81. The third kappa shape index (κ3) is 3.19. The zero-order valence-corrected chi connectivity index (χ0v) is 9.97. The minimum Gasteiger partial charge on any atom is -0.483 e. The van der Waals surface area contributed by atoms with Gasteiger partial charge in [0, 0.05) is 17.8 Å². The molecule has 0 amide bonds. The largest absolute Gasteiger partial charge is 0.483 e. The lowest BCUT2D eigenvalue weighted by Gasteiger charge is -2.16. The number of halogens is 1. The van der Waals surface area contributed by atoms with Crippen molar-refractivity contribution in [3.8, 4) is 5.75 Å². The van der Waals surface area contributed by atoms with Crippen LogP contribution >= 0.6 is 11.6 Å². The fourth-order valence-electron chi connectivity index (χ4n) is 1.47. The fraction of sp³-hybridized carbons (Fsp3) is 0.154. The molecule has 17 heavy (non-hydrogen) atoms. The third-order valence-corrected chi connectivity index (χ3v) is 2.58. The van der Waals surface area contributed by atoms with Crippen molar-refractivity contribution < 1.29 is 4.74 Å². The smallest absolute Gasteiger partial charge is 0.153 e. The van der Waals surface area contributed by atoms with Gasteiger partial charge in [-0.25, -0.2) is 0 Å². The van der Waals surface area contributed by atoms with Crippen LogP contribution in [0.25, 0.3) is 0 Å². The summed E-state index contributed by atoms with van der Waals surface area (Å²) in [4.78, 5) is 4.23. The first-order valence-corrected chi connectivity index (χ1v) is 5.70. The van der Waals surface area contributed by atoms with E-state index < -0.39 is 0 Å². The summed E-state index contributed by atoms with van der Waals surface area (Å²) in [5.41, 5.74) is 6.52. The first-order chi connectivity index (χ1) is 8.29. The van der Waals surface area contributed by atoms with Crippen molar-refractivity contribution in [2.24, 2.45) is 5.73 Å². The van der Waals surface area contributed by atoms with Crippen molar-refractivity contribution in [3.63, 3.8) is 0 Å². The molecular weight excluding hydrogens is 236 g/mol. The van der Waals surface area contributed by atoms with E-state index in [-0.39, 0.29) is 6.10 Å². The molecule has 1 unspecified atom stereocenters.